The molecule has 2 aromatic carbocycles. The second-order valence-electron chi connectivity index (χ2n) is 4.86. The van der Waals surface area contributed by atoms with Crippen molar-refractivity contribution in [1.29, 1.82) is 0 Å². The van der Waals surface area contributed by atoms with Crippen LogP contribution in [0.3, 0.4) is 0 Å². The van der Waals surface area contributed by atoms with Crippen LogP contribution in [0.4, 0.5) is 5.69 Å². The molecule has 2 N–H and O–H groups in total. The fourth-order valence-corrected chi connectivity index (χ4v) is 2.38. The van der Waals surface area contributed by atoms with Crippen molar-refractivity contribution >= 4 is 28.3 Å². The number of aromatic amines is 1. The lowest BCUT2D eigenvalue weighted by molar-refractivity contribution is 0.934. The van der Waals surface area contributed by atoms with Crippen LogP contribution in [-0.2, 0) is 6.42 Å². The molecule has 3 nitrogen and oxygen atoms in total. The summed E-state index contributed by atoms with van der Waals surface area (Å²) in [6, 6.07) is 14.2. The monoisotopic (exact) mass is 285 g/mol. The summed E-state index contributed by atoms with van der Waals surface area (Å²) in [7, 11) is 0. The van der Waals surface area contributed by atoms with Gasteiger partial charge in [-0.05, 0) is 31.2 Å². The third-order valence-corrected chi connectivity index (χ3v) is 3.56. The van der Waals surface area contributed by atoms with Crippen molar-refractivity contribution in [3.63, 3.8) is 0 Å². The number of anilines is 1. The summed E-state index contributed by atoms with van der Waals surface area (Å²) in [6.07, 6.45) is 0.832. The summed E-state index contributed by atoms with van der Waals surface area (Å²) < 4.78 is 0. The number of para-hydroxylation sites is 1. The molecule has 0 atom stereocenters. The number of benzene rings is 2. The highest BCUT2D eigenvalue weighted by atomic mass is 35.5. The van der Waals surface area contributed by atoms with Crippen LogP contribution < -0.4 is 5.32 Å². The Morgan fingerprint density at radius 2 is 1.95 bits per heavy atom. The van der Waals surface area contributed by atoms with Gasteiger partial charge in [0.2, 0.25) is 0 Å². The lowest BCUT2D eigenvalue weighted by Crippen LogP contribution is -2.05. The van der Waals surface area contributed by atoms with Crippen LogP contribution in [0.1, 0.15) is 11.4 Å². The molecule has 0 aliphatic heterocycles. The lowest BCUT2D eigenvalue weighted by atomic mass is 10.2. The van der Waals surface area contributed by atoms with E-state index in [2.05, 4.69) is 46.5 Å². The molecule has 0 spiro atoms. The number of halogens is 1. The van der Waals surface area contributed by atoms with Gasteiger partial charge in [0.05, 0.1) is 10.5 Å². The molecule has 0 aliphatic rings. The maximum absolute atomic E-state index is 6.12. The second-order valence-corrected chi connectivity index (χ2v) is 5.27. The quantitative estimate of drug-likeness (QED) is 0.755. The van der Waals surface area contributed by atoms with Crippen molar-refractivity contribution in [2.45, 2.75) is 13.3 Å². The molecule has 0 bridgehead atoms. The fourth-order valence-electron chi connectivity index (χ4n) is 2.16. The molecule has 20 heavy (non-hydrogen) atoms. The molecule has 0 radical (unpaired) electrons. The molecule has 3 aromatic rings. The number of aromatic nitrogens is 2. The number of aryl methyl sites for hydroxylation is 1. The molecule has 1 aromatic heterocycles. The third-order valence-electron chi connectivity index (χ3n) is 3.26. The first-order valence-corrected chi connectivity index (χ1v) is 7.04. The van der Waals surface area contributed by atoms with Crippen molar-refractivity contribution in [1.82, 2.24) is 9.97 Å². The molecule has 0 fully saturated rings. The third kappa shape index (κ3) is 2.78. The Morgan fingerprint density at radius 3 is 2.70 bits per heavy atom. The number of nitrogens with one attached hydrogen (secondary N) is 2. The summed E-state index contributed by atoms with van der Waals surface area (Å²) in [5, 5.41) is 4.08. The number of nitrogens with zero attached hydrogens (tertiary/aromatic N) is 1. The molecule has 0 saturated heterocycles. The van der Waals surface area contributed by atoms with E-state index >= 15 is 0 Å². The van der Waals surface area contributed by atoms with E-state index in [0.717, 1.165) is 35.5 Å². The summed E-state index contributed by atoms with van der Waals surface area (Å²) >= 11 is 6.12. The van der Waals surface area contributed by atoms with E-state index in [1.165, 1.54) is 5.56 Å². The van der Waals surface area contributed by atoms with Crippen molar-refractivity contribution in [3.05, 3.63) is 58.9 Å². The minimum Gasteiger partial charge on any atom is -0.385 e. The number of hydrogen-bond donors (Lipinski definition) is 2. The van der Waals surface area contributed by atoms with Gasteiger partial charge in [-0.3, -0.25) is 0 Å². The minimum atomic E-state index is 0.691. The molecule has 3 rings (SSSR count). The number of hydrogen-bond acceptors (Lipinski definition) is 2. The highest BCUT2D eigenvalue weighted by molar-refractivity contribution is 6.34. The average Bonchev–Trinajstić information content (AvgIpc) is 2.85. The van der Waals surface area contributed by atoms with Gasteiger partial charge in [-0.25, -0.2) is 4.98 Å². The second kappa shape index (κ2) is 5.55. The first kappa shape index (κ1) is 13.0. The van der Waals surface area contributed by atoms with Crippen LogP contribution in [0.25, 0.3) is 11.0 Å². The van der Waals surface area contributed by atoms with Crippen molar-refractivity contribution in [3.8, 4) is 0 Å². The SMILES string of the molecule is Cc1ccc(NCCc2nc3c(Cl)cccc3[nH]2)cc1. The Kier molecular flexibility index (Phi) is 3.61. The molecule has 0 amide bonds. The van der Waals surface area contributed by atoms with Gasteiger partial charge in [0.15, 0.2) is 0 Å². The predicted octanol–water partition coefficient (Wildman–Crippen LogP) is 4.18. The summed E-state index contributed by atoms with van der Waals surface area (Å²) in [5.74, 6) is 0.952. The van der Waals surface area contributed by atoms with Crippen molar-refractivity contribution < 1.29 is 0 Å². The van der Waals surface area contributed by atoms with Crippen LogP contribution in [-0.4, -0.2) is 16.5 Å². The highest BCUT2D eigenvalue weighted by Gasteiger charge is 2.05. The van der Waals surface area contributed by atoms with Crippen molar-refractivity contribution in [2.75, 3.05) is 11.9 Å². The van der Waals surface area contributed by atoms with Gasteiger partial charge in [-0.2, -0.15) is 0 Å². The van der Waals surface area contributed by atoms with Crippen molar-refractivity contribution in [2.24, 2.45) is 0 Å². The summed E-state index contributed by atoms with van der Waals surface area (Å²) in [6.45, 7) is 2.92. The van der Waals surface area contributed by atoms with Gasteiger partial charge in [0.1, 0.15) is 11.3 Å². The zero-order chi connectivity index (χ0) is 13.9. The molecule has 102 valence electrons. The molecule has 0 unspecified atom stereocenters. The van der Waals surface area contributed by atoms with Gasteiger partial charge >= 0.3 is 0 Å². The number of H-pyrrole nitrogens is 1. The van der Waals surface area contributed by atoms with Gasteiger partial charge in [0.25, 0.3) is 0 Å². The first-order chi connectivity index (χ1) is 9.72. The summed E-state index contributed by atoms with van der Waals surface area (Å²) in [5.41, 5.74) is 4.23. The Hall–Kier alpha value is -2.00. The summed E-state index contributed by atoms with van der Waals surface area (Å²) in [4.78, 5) is 7.83. The Balaban J connectivity index is 1.65. The molecular weight excluding hydrogens is 270 g/mol. The molecule has 0 saturated carbocycles. The Morgan fingerprint density at radius 1 is 1.15 bits per heavy atom. The highest BCUT2D eigenvalue weighted by Crippen LogP contribution is 2.21. The molecular formula is C16H16ClN3. The maximum atomic E-state index is 6.12. The van der Waals surface area contributed by atoms with Crippen LogP contribution >= 0.6 is 11.6 Å². The van der Waals surface area contributed by atoms with Gasteiger partial charge in [-0.15, -0.1) is 0 Å². The van der Waals surface area contributed by atoms with E-state index in [1.54, 1.807) is 0 Å². The smallest absolute Gasteiger partial charge is 0.109 e. The Labute approximate surface area is 123 Å². The molecule has 0 aliphatic carbocycles. The van der Waals surface area contributed by atoms with Gasteiger partial charge in [0, 0.05) is 18.7 Å². The van der Waals surface area contributed by atoms with E-state index in [0.29, 0.717) is 5.02 Å². The fraction of sp³-hybridized carbons (Fsp3) is 0.188. The van der Waals surface area contributed by atoms with Crippen LogP contribution in [0, 0.1) is 6.92 Å². The van der Waals surface area contributed by atoms with Crippen LogP contribution in [0.15, 0.2) is 42.5 Å². The zero-order valence-corrected chi connectivity index (χ0v) is 12.0. The van der Waals surface area contributed by atoms with E-state index < -0.39 is 0 Å². The normalized spacial score (nSPS) is 10.9. The first-order valence-electron chi connectivity index (χ1n) is 6.66. The topological polar surface area (TPSA) is 40.7 Å². The number of rotatable bonds is 4. The molecule has 1 heterocycles. The number of fused-ring (bicyclic) bond motifs is 1. The van der Waals surface area contributed by atoms with E-state index in [9.17, 15) is 0 Å². The minimum absolute atomic E-state index is 0.691. The zero-order valence-electron chi connectivity index (χ0n) is 11.3. The van der Waals surface area contributed by atoms with Crippen LogP contribution in [0.2, 0.25) is 5.02 Å². The average molecular weight is 286 g/mol. The van der Waals surface area contributed by atoms with E-state index in [1.807, 2.05) is 18.2 Å². The Bertz CT molecular complexity index is 716. The van der Waals surface area contributed by atoms with Gasteiger partial charge in [-0.1, -0.05) is 35.4 Å². The largest absolute Gasteiger partial charge is 0.385 e. The van der Waals surface area contributed by atoms with Gasteiger partial charge < -0.3 is 10.3 Å². The van der Waals surface area contributed by atoms with E-state index in [-0.39, 0.29) is 0 Å². The number of imidazole rings is 1. The van der Waals surface area contributed by atoms with E-state index in [4.69, 9.17) is 11.6 Å². The van der Waals surface area contributed by atoms with Crippen LogP contribution in [0.5, 0.6) is 0 Å². The predicted molar refractivity (Wildman–Crippen MR) is 84.5 cm³/mol. The molecule has 4 heteroatoms. The maximum Gasteiger partial charge on any atom is 0.109 e. The standard InChI is InChI=1S/C16H16ClN3/c1-11-5-7-12(8-6-11)18-10-9-15-19-14-4-2-3-13(17)16(14)20-15/h2-8,18H,9-10H2,1H3,(H,19,20). The lowest BCUT2D eigenvalue weighted by Gasteiger charge is -2.05.